The van der Waals surface area contributed by atoms with Crippen LogP contribution in [0.25, 0.3) is 11.3 Å². The average molecular weight is 387 g/mol. The summed E-state index contributed by atoms with van der Waals surface area (Å²) >= 11 is 0. The van der Waals surface area contributed by atoms with Crippen molar-refractivity contribution in [3.8, 4) is 17.0 Å². The molecular weight excluding hydrogens is 371 g/mol. The number of carbonyl (C=O) groups is 1. The molecule has 0 aliphatic heterocycles. The highest BCUT2D eigenvalue weighted by Gasteiger charge is 2.31. The van der Waals surface area contributed by atoms with Gasteiger partial charge in [0.2, 0.25) is 5.91 Å². The Morgan fingerprint density at radius 1 is 1.14 bits per heavy atom. The fourth-order valence-electron chi connectivity index (χ4n) is 2.64. The first-order valence-electron chi connectivity index (χ1n) is 8.25. The van der Waals surface area contributed by atoms with E-state index < -0.39 is 17.6 Å². The molecule has 0 unspecified atom stereocenters. The molecule has 0 saturated carbocycles. The molecule has 0 spiro atoms. The van der Waals surface area contributed by atoms with Gasteiger partial charge in [-0.1, -0.05) is 6.07 Å². The molecule has 0 aliphatic carbocycles. The summed E-state index contributed by atoms with van der Waals surface area (Å²) in [5.74, 6) is -0.483. The van der Waals surface area contributed by atoms with Gasteiger partial charge >= 0.3 is 6.18 Å². The van der Waals surface area contributed by atoms with Crippen LogP contribution < -0.4 is 10.5 Å². The number of halogens is 3. The monoisotopic (exact) mass is 387 g/mol. The number of ether oxygens (including phenoxy) is 1. The van der Waals surface area contributed by atoms with Crippen LogP contribution in [-0.4, -0.2) is 15.9 Å². The third-order valence-electron chi connectivity index (χ3n) is 4.06. The maximum Gasteiger partial charge on any atom is 0.418 e. The van der Waals surface area contributed by atoms with E-state index >= 15 is 0 Å². The number of benzene rings is 1. The van der Waals surface area contributed by atoms with E-state index in [4.69, 9.17) is 10.5 Å². The molecule has 5 nitrogen and oxygen atoms in total. The van der Waals surface area contributed by atoms with Gasteiger partial charge in [-0.05, 0) is 48.4 Å². The standard InChI is InChI=1S/C20H16F3N3O2/c1-12-6-14(2-3-17(12)19(24)27)18-7-13(4-5-26-18)11-28-16-8-15(9-25-10-16)20(21,22)23/h2-10H,11H2,1H3,(H2,24,27). The number of amides is 1. The van der Waals surface area contributed by atoms with Crippen molar-refractivity contribution in [1.82, 2.24) is 9.97 Å². The van der Waals surface area contributed by atoms with Gasteiger partial charge in [-0.15, -0.1) is 0 Å². The first-order valence-corrected chi connectivity index (χ1v) is 8.25. The van der Waals surface area contributed by atoms with Gasteiger partial charge in [0.15, 0.2) is 0 Å². The Labute approximate surface area is 159 Å². The fraction of sp³-hybridized carbons (Fsp3) is 0.150. The number of hydrogen-bond donors (Lipinski definition) is 1. The number of alkyl halides is 3. The van der Waals surface area contributed by atoms with Gasteiger partial charge in [-0.2, -0.15) is 13.2 Å². The van der Waals surface area contributed by atoms with Crippen LogP contribution in [0.2, 0.25) is 0 Å². The lowest BCUT2D eigenvalue weighted by Gasteiger charge is -2.11. The van der Waals surface area contributed by atoms with Crippen LogP contribution in [0.1, 0.15) is 27.0 Å². The summed E-state index contributed by atoms with van der Waals surface area (Å²) in [7, 11) is 0. The molecule has 0 radical (unpaired) electrons. The summed E-state index contributed by atoms with van der Waals surface area (Å²) < 4.78 is 43.7. The maximum absolute atomic E-state index is 12.7. The molecule has 2 N–H and O–H groups in total. The van der Waals surface area contributed by atoms with Gasteiger partial charge in [0.1, 0.15) is 12.4 Å². The Hall–Kier alpha value is -3.42. The predicted molar refractivity (Wildman–Crippen MR) is 96.5 cm³/mol. The number of nitrogens with zero attached hydrogens (tertiary/aromatic N) is 2. The number of rotatable bonds is 5. The van der Waals surface area contributed by atoms with E-state index in [2.05, 4.69) is 9.97 Å². The zero-order valence-corrected chi connectivity index (χ0v) is 14.8. The molecule has 1 amide bonds. The topological polar surface area (TPSA) is 78.1 Å². The molecule has 0 fully saturated rings. The number of primary amides is 1. The van der Waals surface area contributed by atoms with Gasteiger partial charge in [-0.3, -0.25) is 14.8 Å². The van der Waals surface area contributed by atoms with Crippen LogP contribution >= 0.6 is 0 Å². The van der Waals surface area contributed by atoms with E-state index in [1.165, 1.54) is 6.20 Å². The summed E-state index contributed by atoms with van der Waals surface area (Å²) in [5.41, 5.74) is 7.74. The lowest BCUT2D eigenvalue weighted by Crippen LogP contribution is -2.12. The van der Waals surface area contributed by atoms with Crippen molar-refractivity contribution in [1.29, 1.82) is 0 Å². The molecular formula is C20H16F3N3O2. The fourth-order valence-corrected chi connectivity index (χ4v) is 2.64. The maximum atomic E-state index is 12.7. The SMILES string of the molecule is Cc1cc(-c2cc(COc3cncc(C(F)(F)F)c3)ccn2)ccc1C(N)=O. The first kappa shape index (κ1) is 19.3. The van der Waals surface area contributed by atoms with Crippen LogP contribution in [0.15, 0.2) is 55.0 Å². The van der Waals surface area contributed by atoms with Crippen molar-refractivity contribution < 1.29 is 22.7 Å². The number of pyridine rings is 2. The minimum Gasteiger partial charge on any atom is -0.487 e. The summed E-state index contributed by atoms with van der Waals surface area (Å²) in [6.07, 6.45) is -0.931. The number of carbonyl (C=O) groups excluding carboxylic acids is 1. The van der Waals surface area contributed by atoms with Crippen LogP contribution in [-0.2, 0) is 12.8 Å². The molecule has 144 valence electrons. The van der Waals surface area contributed by atoms with Crippen LogP contribution in [0.4, 0.5) is 13.2 Å². The van der Waals surface area contributed by atoms with Crippen LogP contribution in [0.5, 0.6) is 5.75 Å². The van der Waals surface area contributed by atoms with Crippen molar-refractivity contribution in [2.45, 2.75) is 19.7 Å². The summed E-state index contributed by atoms with van der Waals surface area (Å²) in [6, 6.07) is 9.53. The Morgan fingerprint density at radius 3 is 2.61 bits per heavy atom. The number of hydrogen-bond acceptors (Lipinski definition) is 4. The lowest BCUT2D eigenvalue weighted by atomic mass is 10.0. The molecule has 2 heterocycles. The molecule has 28 heavy (non-hydrogen) atoms. The summed E-state index contributed by atoms with van der Waals surface area (Å²) in [4.78, 5) is 19.2. The minimum absolute atomic E-state index is 0.0230. The van der Waals surface area contributed by atoms with Crippen molar-refractivity contribution in [3.63, 3.8) is 0 Å². The van der Waals surface area contributed by atoms with Gasteiger partial charge < -0.3 is 10.5 Å². The third-order valence-corrected chi connectivity index (χ3v) is 4.06. The molecule has 0 atom stereocenters. The predicted octanol–water partition coefficient (Wildman–Crippen LogP) is 4.15. The smallest absolute Gasteiger partial charge is 0.418 e. The van der Waals surface area contributed by atoms with E-state index in [9.17, 15) is 18.0 Å². The zero-order valence-electron chi connectivity index (χ0n) is 14.8. The second-order valence-electron chi connectivity index (χ2n) is 6.14. The zero-order chi connectivity index (χ0) is 20.3. The van der Waals surface area contributed by atoms with Crippen LogP contribution in [0, 0.1) is 6.92 Å². The largest absolute Gasteiger partial charge is 0.487 e. The minimum atomic E-state index is -4.48. The second-order valence-corrected chi connectivity index (χ2v) is 6.14. The van der Waals surface area contributed by atoms with Gasteiger partial charge in [0.25, 0.3) is 0 Å². The lowest BCUT2D eigenvalue weighted by molar-refractivity contribution is -0.138. The van der Waals surface area contributed by atoms with Gasteiger partial charge in [0, 0.05) is 23.5 Å². The quantitative estimate of drug-likeness (QED) is 0.713. The molecule has 3 rings (SSSR count). The Morgan fingerprint density at radius 2 is 1.93 bits per heavy atom. The Kier molecular flexibility index (Phi) is 5.30. The van der Waals surface area contributed by atoms with E-state index in [1.807, 2.05) is 0 Å². The first-order chi connectivity index (χ1) is 13.2. The van der Waals surface area contributed by atoms with Crippen LogP contribution in [0.3, 0.4) is 0 Å². The van der Waals surface area contributed by atoms with E-state index in [0.29, 0.717) is 11.3 Å². The molecule has 8 heteroatoms. The van der Waals surface area contributed by atoms with Crippen molar-refractivity contribution >= 4 is 5.91 Å². The number of aromatic nitrogens is 2. The van der Waals surface area contributed by atoms with Gasteiger partial charge in [-0.25, -0.2) is 0 Å². The van der Waals surface area contributed by atoms with E-state index in [1.54, 1.807) is 43.5 Å². The van der Waals surface area contributed by atoms with Crippen molar-refractivity contribution in [3.05, 3.63) is 77.2 Å². The molecule has 3 aromatic rings. The highest BCUT2D eigenvalue weighted by atomic mass is 19.4. The second kappa shape index (κ2) is 7.67. The molecule has 0 saturated heterocycles. The highest BCUT2D eigenvalue weighted by molar-refractivity contribution is 5.94. The molecule has 1 aromatic carbocycles. The molecule has 0 aliphatic rings. The van der Waals surface area contributed by atoms with Crippen molar-refractivity contribution in [2.24, 2.45) is 5.73 Å². The van der Waals surface area contributed by atoms with Crippen molar-refractivity contribution in [2.75, 3.05) is 0 Å². The molecule has 0 bridgehead atoms. The van der Waals surface area contributed by atoms with E-state index in [0.717, 1.165) is 29.0 Å². The third kappa shape index (κ3) is 4.46. The number of aryl methyl sites for hydroxylation is 1. The normalized spacial score (nSPS) is 11.3. The summed E-state index contributed by atoms with van der Waals surface area (Å²) in [5, 5.41) is 0. The summed E-state index contributed by atoms with van der Waals surface area (Å²) in [6.45, 7) is 1.83. The van der Waals surface area contributed by atoms with E-state index in [-0.39, 0.29) is 12.4 Å². The van der Waals surface area contributed by atoms with Gasteiger partial charge in [0.05, 0.1) is 17.5 Å². The highest BCUT2D eigenvalue weighted by Crippen LogP contribution is 2.30. The Balaban J connectivity index is 1.77. The average Bonchev–Trinajstić information content (AvgIpc) is 2.66. The molecule has 2 aromatic heterocycles. The Bertz CT molecular complexity index is 1020. The number of nitrogens with two attached hydrogens (primary N) is 1.